The molecule has 7 heteroatoms. The zero-order valence-electron chi connectivity index (χ0n) is 9.46. The van der Waals surface area contributed by atoms with Gasteiger partial charge in [0.05, 0.1) is 5.25 Å². The minimum atomic E-state index is -0.457. The van der Waals surface area contributed by atoms with Gasteiger partial charge < -0.3 is 10.2 Å². The summed E-state index contributed by atoms with van der Waals surface area (Å²) in [5.74, 6) is -0.522. The van der Waals surface area contributed by atoms with Crippen LogP contribution >= 0.6 is 11.8 Å². The van der Waals surface area contributed by atoms with Gasteiger partial charge in [-0.05, 0) is 31.2 Å². The molecule has 0 aliphatic heterocycles. The quantitative estimate of drug-likeness (QED) is 0.855. The molecule has 0 saturated heterocycles. The van der Waals surface area contributed by atoms with Gasteiger partial charge >= 0.3 is 0 Å². The maximum atomic E-state index is 12.7. The van der Waals surface area contributed by atoms with Crippen LogP contribution in [0.3, 0.4) is 0 Å². The van der Waals surface area contributed by atoms with Crippen molar-refractivity contribution >= 4 is 17.7 Å². The highest BCUT2D eigenvalue weighted by Crippen LogP contribution is 2.25. The number of nitrogens with two attached hydrogens (primary N) is 1. The lowest BCUT2D eigenvalue weighted by Gasteiger charge is -2.00. The minimum absolute atomic E-state index is 0.251. The largest absolute Gasteiger partial charge is 0.411 e. The molecule has 2 N–H and O–H groups in total. The average Bonchev–Trinajstić information content (AvgIpc) is 2.78. The van der Waals surface area contributed by atoms with Crippen LogP contribution in [0.25, 0.3) is 11.5 Å². The van der Waals surface area contributed by atoms with Crippen molar-refractivity contribution in [2.24, 2.45) is 5.73 Å². The van der Waals surface area contributed by atoms with Crippen molar-refractivity contribution in [1.29, 1.82) is 0 Å². The Labute approximate surface area is 107 Å². The van der Waals surface area contributed by atoms with E-state index in [4.69, 9.17) is 10.2 Å². The summed E-state index contributed by atoms with van der Waals surface area (Å²) >= 11 is 1.08. The normalized spacial score (nSPS) is 12.3. The molecule has 0 fully saturated rings. The molecule has 0 unspecified atom stereocenters. The number of carbonyl (C=O) groups excluding carboxylic acids is 1. The molecule has 2 aromatic rings. The first-order valence-electron chi connectivity index (χ1n) is 5.11. The Balaban J connectivity index is 2.15. The number of hydrogen-bond donors (Lipinski definition) is 1. The standard InChI is InChI=1S/C11H10FN3O2S/c1-6(9(13)16)18-11-15-14-10(17-11)7-2-4-8(12)5-3-7/h2-6H,1H3,(H2,13,16)/t6-/m1/s1. The molecular weight excluding hydrogens is 257 g/mol. The fourth-order valence-corrected chi connectivity index (χ4v) is 1.81. The predicted octanol–water partition coefficient (Wildman–Crippen LogP) is 1.84. The van der Waals surface area contributed by atoms with Gasteiger partial charge in [-0.25, -0.2) is 4.39 Å². The fraction of sp³-hybridized carbons (Fsp3) is 0.182. The average molecular weight is 267 g/mol. The van der Waals surface area contributed by atoms with Gasteiger partial charge in [-0.2, -0.15) is 0 Å². The molecule has 94 valence electrons. The van der Waals surface area contributed by atoms with Crippen LogP contribution in [0.15, 0.2) is 33.9 Å². The molecule has 1 atom stereocenters. The molecule has 0 spiro atoms. The first-order valence-corrected chi connectivity index (χ1v) is 5.99. The zero-order chi connectivity index (χ0) is 13.1. The Morgan fingerprint density at radius 3 is 2.67 bits per heavy atom. The number of carbonyl (C=O) groups is 1. The summed E-state index contributed by atoms with van der Waals surface area (Å²) in [5.41, 5.74) is 5.74. The maximum absolute atomic E-state index is 12.7. The highest BCUT2D eigenvalue weighted by Gasteiger charge is 2.16. The van der Waals surface area contributed by atoms with Gasteiger partial charge in [-0.3, -0.25) is 4.79 Å². The van der Waals surface area contributed by atoms with E-state index in [2.05, 4.69) is 10.2 Å². The highest BCUT2D eigenvalue weighted by molar-refractivity contribution is 8.00. The molecular formula is C11H10FN3O2S. The second-order valence-electron chi connectivity index (χ2n) is 3.54. The summed E-state index contributed by atoms with van der Waals surface area (Å²) in [5, 5.41) is 7.40. The predicted molar refractivity (Wildman–Crippen MR) is 64.2 cm³/mol. The van der Waals surface area contributed by atoms with Gasteiger partial charge in [-0.1, -0.05) is 11.8 Å². The van der Waals surface area contributed by atoms with E-state index in [9.17, 15) is 9.18 Å². The molecule has 1 heterocycles. The van der Waals surface area contributed by atoms with Gasteiger partial charge in [0.15, 0.2) is 0 Å². The minimum Gasteiger partial charge on any atom is -0.411 e. The number of nitrogens with zero attached hydrogens (tertiary/aromatic N) is 2. The van der Waals surface area contributed by atoms with Crippen molar-refractivity contribution in [3.05, 3.63) is 30.1 Å². The Kier molecular flexibility index (Phi) is 3.61. The number of amides is 1. The van der Waals surface area contributed by atoms with Crippen LogP contribution < -0.4 is 5.73 Å². The van der Waals surface area contributed by atoms with E-state index in [0.29, 0.717) is 5.56 Å². The summed E-state index contributed by atoms with van der Waals surface area (Å²) in [6.45, 7) is 1.65. The monoisotopic (exact) mass is 267 g/mol. The van der Waals surface area contributed by atoms with Crippen LogP contribution in [0.4, 0.5) is 4.39 Å². The van der Waals surface area contributed by atoms with E-state index >= 15 is 0 Å². The Hall–Kier alpha value is -1.89. The summed E-state index contributed by atoms with van der Waals surface area (Å²) in [6, 6.07) is 5.68. The van der Waals surface area contributed by atoms with Gasteiger partial charge in [-0.15, -0.1) is 10.2 Å². The highest BCUT2D eigenvalue weighted by atomic mass is 32.2. The van der Waals surface area contributed by atoms with Gasteiger partial charge in [0.1, 0.15) is 5.82 Å². The van der Waals surface area contributed by atoms with Gasteiger partial charge in [0.2, 0.25) is 11.8 Å². The fourth-order valence-electron chi connectivity index (χ4n) is 1.18. The van der Waals surface area contributed by atoms with Crippen LogP contribution in [0, 0.1) is 5.82 Å². The van der Waals surface area contributed by atoms with Gasteiger partial charge in [0, 0.05) is 5.56 Å². The van der Waals surface area contributed by atoms with Crippen molar-refractivity contribution in [3.63, 3.8) is 0 Å². The summed E-state index contributed by atoms with van der Waals surface area (Å²) < 4.78 is 18.1. The van der Waals surface area contributed by atoms with Crippen LogP contribution in [0.2, 0.25) is 0 Å². The Bertz CT molecular complexity index is 556. The van der Waals surface area contributed by atoms with E-state index in [1.165, 1.54) is 24.3 Å². The van der Waals surface area contributed by atoms with Crippen LogP contribution in [0.1, 0.15) is 6.92 Å². The summed E-state index contributed by atoms with van der Waals surface area (Å²) in [7, 11) is 0. The number of benzene rings is 1. The first kappa shape index (κ1) is 12.6. The molecule has 5 nitrogen and oxygen atoms in total. The third-order valence-electron chi connectivity index (χ3n) is 2.18. The molecule has 0 saturated carbocycles. The summed E-state index contributed by atoms with van der Waals surface area (Å²) in [6.07, 6.45) is 0. The topological polar surface area (TPSA) is 82.0 Å². The van der Waals surface area contributed by atoms with Crippen molar-refractivity contribution in [2.45, 2.75) is 17.4 Å². The number of halogens is 1. The maximum Gasteiger partial charge on any atom is 0.277 e. The molecule has 2 rings (SSSR count). The van der Waals surface area contributed by atoms with Gasteiger partial charge in [0.25, 0.3) is 5.22 Å². The lowest BCUT2D eigenvalue weighted by atomic mass is 10.2. The van der Waals surface area contributed by atoms with E-state index in [1.807, 2.05) is 0 Å². The molecule has 1 aromatic carbocycles. The lowest BCUT2D eigenvalue weighted by molar-refractivity contribution is -0.117. The first-order chi connectivity index (χ1) is 8.56. The number of rotatable bonds is 4. The van der Waals surface area contributed by atoms with E-state index in [1.54, 1.807) is 6.92 Å². The Morgan fingerprint density at radius 2 is 2.06 bits per heavy atom. The molecule has 0 aliphatic carbocycles. The number of primary amides is 1. The second kappa shape index (κ2) is 5.18. The smallest absolute Gasteiger partial charge is 0.277 e. The van der Waals surface area contributed by atoms with Crippen LogP contribution in [-0.2, 0) is 4.79 Å². The SMILES string of the molecule is C[C@@H](Sc1nnc(-c2ccc(F)cc2)o1)C(N)=O. The van der Waals surface area contributed by atoms with Crippen molar-refractivity contribution < 1.29 is 13.6 Å². The van der Waals surface area contributed by atoms with Crippen molar-refractivity contribution in [3.8, 4) is 11.5 Å². The van der Waals surface area contributed by atoms with E-state index < -0.39 is 11.2 Å². The van der Waals surface area contributed by atoms with E-state index in [-0.39, 0.29) is 16.9 Å². The number of thioether (sulfide) groups is 1. The van der Waals surface area contributed by atoms with Crippen LogP contribution in [-0.4, -0.2) is 21.4 Å². The summed E-state index contributed by atoms with van der Waals surface area (Å²) in [4.78, 5) is 10.9. The molecule has 0 bridgehead atoms. The second-order valence-corrected chi connectivity index (χ2v) is 4.83. The third-order valence-corrected chi connectivity index (χ3v) is 3.13. The lowest BCUT2D eigenvalue weighted by Crippen LogP contribution is -2.22. The number of aromatic nitrogens is 2. The van der Waals surface area contributed by atoms with Crippen molar-refractivity contribution in [2.75, 3.05) is 0 Å². The van der Waals surface area contributed by atoms with Crippen LogP contribution in [0.5, 0.6) is 0 Å². The van der Waals surface area contributed by atoms with Crippen molar-refractivity contribution in [1.82, 2.24) is 10.2 Å². The zero-order valence-corrected chi connectivity index (χ0v) is 10.3. The number of hydrogen-bond acceptors (Lipinski definition) is 5. The molecule has 1 amide bonds. The molecule has 18 heavy (non-hydrogen) atoms. The molecule has 1 aromatic heterocycles. The van der Waals surface area contributed by atoms with E-state index in [0.717, 1.165) is 11.8 Å². The molecule has 0 aliphatic rings. The third kappa shape index (κ3) is 2.86. The molecule has 0 radical (unpaired) electrons. The Morgan fingerprint density at radius 1 is 1.39 bits per heavy atom.